The Morgan fingerprint density at radius 1 is 1.40 bits per heavy atom. The number of nitrogens with one attached hydrogen (secondary N) is 1. The highest BCUT2D eigenvalue weighted by Crippen LogP contribution is 2.26. The van der Waals surface area contributed by atoms with Gasteiger partial charge in [-0.15, -0.1) is 12.4 Å². The van der Waals surface area contributed by atoms with E-state index in [1.807, 2.05) is 0 Å². The van der Waals surface area contributed by atoms with Crippen molar-refractivity contribution in [2.24, 2.45) is 5.92 Å². The first-order chi connectivity index (χ1) is 9.15. The van der Waals surface area contributed by atoms with Gasteiger partial charge in [0.1, 0.15) is 5.82 Å². The van der Waals surface area contributed by atoms with Gasteiger partial charge in [0.25, 0.3) is 5.91 Å². The van der Waals surface area contributed by atoms with Crippen molar-refractivity contribution >= 4 is 34.2 Å². The lowest BCUT2D eigenvalue weighted by atomic mass is 9.93. The van der Waals surface area contributed by atoms with Crippen molar-refractivity contribution in [1.82, 2.24) is 10.2 Å². The Balaban J connectivity index is 0.00000147. The van der Waals surface area contributed by atoms with E-state index in [-0.39, 0.29) is 23.9 Å². The maximum Gasteiger partial charge on any atom is 0.256 e. The van der Waals surface area contributed by atoms with E-state index >= 15 is 0 Å². The van der Waals surface area contributed by atoms with E-state index in [0.29, 0.717) is 18.5 Å². The predicted octanol–water partition coefficient (Wildman–Crippen LogP) is 2.83. The predicted molar refractivity (Wildman–Crippen MR) is 81.8 cm³/mol. The van der Waals surface area contributed by atoms with Crippen molar-refractivity contribution < 1.29 is 9.18 Å². The molecule has 1 amide bonds. The molecule has 2 aliphatic rings. The van der Waals surface area contributed by atoms with E-state index in [1.165, 1.54) is 6.07 Å². The summed E-state index contributed by atoms with van der Waals surface area (Å²) in [4.78, 5) is 14.2. The van der Waals surface area contributed by atoms with Crippen LogP contribution in [0.2, 0.25) is 0 Å². The summed E-state index contributed by atoms with van der Waals surface area (Å²) in [5, 5.41) is 3.46. The van der Waals surface area contributed by atoms with Crippen molar-refractivity contribution in [1.29, 1.82) is 0 Å². The number of nitrogens with zero attached hydrogens (tertiary/aromatic N) is 1. The molecule has 20 heavy (non-hydrogen) atoms. The van der Waals surface area contributed by atoms with Gasteiger partial charge in [0, 0.05) is 23.6 Å². The molecule has 2 saturated heterocycles. The van der Waals surface area contributed by atoms with E-state index < -0.39 is 5.82 Å². The fourth-order valence-electron chi connectivity index (χ4n) is 3.06. The van der Waals surface area contributed by atoms with Gasteiger partial charge in [-0.3, -0.25) is 4.79 Å². The van der Waals surface area contributed by atoms with Gasteiger partial charge in [-0.25, -0.2) is 4.39 Å². The molecule has 1 aromatic carbocycles. The third-order valence-corrected chi connectivity index (χ3v) is 4.59. The molecule has 2 heterocycles. The Morgan fingerprint density at radius 3 is 3.00 bits per heavy atom. The molecule has 0 radical (unpaired) electrons. The summed E-state index contributed by atoms with van der Waals surface area (Å²) in [5.74, 6) is -0.114. The van der Waals surface area contributed by atoms with Gasteiger partial charge in [0.2, 0.25) is 0 Å². The minimum absolute atomic E-state index is 0. The molecule has 0 bridgehead atoms. The van der Waals surface area contributed by atoms with Crippen LogP contribution in [0.5, 0.6) is 0 Å². The fraction of sp³-hybridized carbons (Fsp3) is 0.500. The van der Waals surface area contributed by atoms with Crippen LogP contribution in [0.15, 0.2) is 22.7 Å². The number of hydrogen-bond acceptors (Lipinski definition) is 2. The highest BCUT2D eigenvalue weighted by Gasteiger charge is 2.35. The molecule has 3 nitrogen and oxygen atoms in total. The SMILES string of the molecule is Cl.O=C(c1cc(Br)ccc1F)N1CCC2NCCC2C1. The normalized spacial score (nSPS) is 25.0. The zero-order valence-corrected chi connectivity index (χ0v) is 13.3. The van der Waals surface area contributed by atoms with E-state index in [2.05, 4.69) is 21.2 Å². The van der Waals surface area contributed by atoms with Crippen LogP contribution in [0.25, 0.3) is 0 Å². The largest absolute Gasteiger partial charge is 0.338 e. The number of rotatable bonds is 1. The molecule has 2 unspecified atom stereocenters. The van der Waals surface area contributed by atoms with Crippen LogP contribution >= 0.6 is 28.3 Å². The second kappa shape index (κ2) is 6.41. The summed E-state index contributed by atoms with van der Waals surface area (Å²) in [6.07, 6.45) is 2.07. The van der Waals surface area contributed by atoms with E-state index in [9.17, 15) is 9.18 Å². The van der Waals surface area contributed by atoms with E-state index in [4.69, 9.17) is 0 Å². The van der Waals surface area contributed by atoms with Crippen LogP contribution in [-0.2, 0) is 0 Å². The number of piperidine rings is 1. The zero-order valence-electron chi connectivity index (χ0n) is 10.9. The molecule has 0 saturated carbocycles. The molecule has 1 aromatic rings. The molecule has 0 aliphatic carbocycles. The lowest BCUT2D eigenvalue weighted by Crippen LogP contribution is -2.47. The summed E-state index contributed by atoms with van der Waals surface area (Å²) in [7, 11) is 0. The monoisotopic (exact) mass is 362 g/mol. The zero-order chi connectivity index (χ0) is 13.4. The van der Waals surface area contributed by atoms with Crippen molar-refractivity contribution in [2.75, 3.05) is 19.6 Å². The summed E-state index contributed by atoms with van der Waals surface area (Å²) >= 11 is 3.29. The first kappa shape index (κ1) is 15.7. The summed E-state index contributed by atoms with van der Waals surface area (Å²) in [6.45, 7) is 2.48. The number of carbonyl (C=O) groups excluding carboxylic acids is 1. The lowest BCUT2D eigenvalue weighted by Gasteiger charge is -2.35. The third-order valence-electron chi connectivity index (χ3n) is 4.10. The number of halogens is 3. The van der Waals surface area contributed by atoms with Crippen molar-refractivity contribution in [3.63, 3.8) is 0 Å². The molecule has 2 atom stereocenters. The third kappa shape index (κ3) is 3.00. The van der Waals surface area contributed by atoms with Crippen LogP contribution in [0.3, 0.4) is 0 Å². The molecule has 2 aliphatic heterocycles. The Bertz CT molecular complexity index is 514. The highest BCUT2D eigenvalue weighted by molar-refractivity contribution is 9.10. The number of carbonyl (C=O) groups is 1. The van der Waals surface area contributed by atoms with Crippen LogP contribution < -0.4 is 5.32 Å². The number of amides is 1. The maximum atomic E-state index is 13.8. The topological polar surface area (TPSA) is 32.3 Å². The number of benzene rings is 1. The van der Waals surface area contributed by atoms with E-state index in [1.54, 1.807) is 17.0 Å². The first-order valence-corrected chi connectivity index (χ1v) is 7.42. The molecule has 6 heteroatoms. The van der Waals surface area contributed by atoms with Crippen molar-refractivity contribution in [3.05, 3.63) is 34.1 Å². The molecule has 0 spiro atoms. The second-order valence-electron chi connectivity index (χ2n) is 5.27. The minimum Gasteiger partial charge on any atom is -0.338 e. The molecule has 3 rings (SSSR count). The van der Waals surface area contributed by atoms with Gasteiger partial charge < -0.3 is 10.2 Å². The van der Waals surface area contributed by atoms with Gasteiger partial charge >= 0.3 is 0 Å². The average molecular weight is 364 g/mol. The lowest BCUT2D eigenvalue weighted by molar-refractivity contribution is 0.0657. The molecular weight excluding hydrogens is 347 g/mol. The maximum absolute atomic E-state index is 13.8. The quantitative estimate of drug-likeness (QED) is 0.832. The fourth-order valence-corrected chi connectivity index (χ4v) is 3.42. The van der Waals surface area contributed by atoms with E-state index in [0.717, 1.165) is 30.4 Å². The Kier molecular flexibility index (Phi) is 5.04. The molecule has 110 valence electrons. The van der Waals surface area contributed by atoms with Crippen LogP contribution in [0.1, 0.15) is 23.2 Å². The Morgan fingerprint density at radius 2 is 2.20 bits per heavy atom. The Labute approximate surface area is 132 Å². The first-order valence-electron chi connectivity index (χ1n) is 6.63. The van der Waals surface area contributed by atoms with Gasteiger partial charge in [-0.05, 0) is 43.5 Å². The minimum atomic E-state index is -0.445. The second-order valence-corrected chi connectivity index (χ2v) is 6.19. The van der Waals surface area contributed by atoms with Crippen molar-refractivity contribution in [2.45, 2.75) is 18.9 Å². The number of likely N-dealkylation sites (tertiary alicyclic amines) is 1. The molecule has 2 fully saturated rings. The van der Waals surface area contributed by atoms with Gasteiger partial charge in [-0.2, -0.15) is 0 Å². The van der Waals surface area contributed by atoms with Crippen LogP contribution in [0, 0.1) is 11.7 Å². The molecule has 0 aromatic heterocycles. The molecule has 1 N–H and O–H groups in total. The van der Waals surface area contributed by atoms with Gasteiger partial charge in [-0.1, -0.05) is 15.9 Å². The highest BCUT2D eigenvalue weighted by atomic mass is 79.9. The average Bonchev–Trinajstić information content (AvgIpc) is 2.88. The van der Waals surface area contributed by atoms with Gasteiger partial charge in [0.05, 0.1) is 5.56 Å². The van der Waals surface area contributed by atoms with Gasteiger partial charge in [0.15, 0.2) is 0 Å². The van der Waals surface area contributed by atoms with Crippen LogP contribution in [-0.4, -0.2) is 36.5 Å². The Hall–Kier alpha value is -0.650. The number of hydrogen-bond donors (Lipinski definition) is 1. The smallest absolute Gasteiger partial charge is 0.256 e. The summed E-state index contributed by atoms with van der Waals surface area (Å²) in [5.41, 5.74) is 0.166. The molecular formula is C14H17BrClFN2O. The van der Waals surface area contributed by atoms with Crippen LogP contribution in [0.4, 0.5) is 4.39 Å². The summed E-state index contributed by atoms with van der Waals surface area (Å²) < 4.78 is 14.5. The summed E-state index contributed by atoms with van der Waals surface area (Å²) in [6, 6.07) is 5.05. The van der Waals surface area contributed by atoms with Crippen molar-refractivity contribution in [3.8, 4) is 0 Å². The standard InChI is InChI=1S/C14H16BrFN2O.ClH/c15-10-1-2-12(16)11(7-10)14(19)18-6-4-13-9(8-18)3-5-17-13;/h1-2,7,9,13,17H,3-6,8H2;1H. The number of fused-ring (bicyclic) bond motifs is 1.